The maximum Gasteiger partial charge on any atom is 0.124 e. The van der Waals surface area contributed by atoms with Gasteiger partial charge in [0.2, 0.25) is 0 Å². The Bertz CT molecular complexity index is 410. The first-order valence-corrected chi connectivity index (χ1v) is 5.38. The molecule has 1 unspecified atom stereocenters. The molecular weight excluding hydrogens is 207 g/mol. The fourth-order valence-electron chi connectivity index (χ4n) is 1.92. The van der Waals surface area contributed by atoms with Gasteiger partial charge in [0.25, 0.3) is 0 Å². The second-order valence-corrected chi connectivity index (χ2v) is 4.29. The molecule has 1 aromatic rings. The van der Waals surface area contributed by atoms with E-state index in [1.807, 2.05) is 6.08 Å². The highest BCUT2D eigenvalue weighted by Gasteiger charge is 2.29. The minimum absolute atomic E-state index is 0.283. The van der Waals surface area contributed by atoms with Gasteiger partial charge in [0, 0.05) is 12.8 Å². The summed E-state index contributed by atoms with van der Waals surface area (Å²) in [5.41, 5.74) is -0.286. The molecule has 0 saturated heterocycles. The van der Waals surface area contributed by atoms with Crippen LogP contribution in [-0.4, -0.2) is 17.3 Å². The van der Waals surface area contributed by atoms with Crippen LogP contribution in [-0.2, 0) is 11.2 Å². The van der Waals surface area contributed by atoms with Gasteiger partial charge < -0.3 is 9.84 Å². The summed E-state index contributed by atoms with van der Waals surface area (Å²) in [4.78, 5) is 0. The number of halogens is 1. The molecule has 0 radical (unpaired) electrons. The molecule has 1 aliphatic heterocycles. The molecule has 1 aliphatic rings. The van der Waals surface area contributed by atoms with Gasteiger partial charge in [-0.3, -0.25) is 0 Å². The predicted molar refractivity (Wildman–Crippen MR) is 59.4 cm³/mol. The molecule has 0 saturated carbocycles. The Hall–Kier alpha value is -1.35. The van der Waals surface area contributed by atoms with E-state index in [9.17, 15) is 9.50 Å². The van der Waals surface area contributed by atoms with E-state index in [1.54, 1.807) is 19.1 Å². The van der Waals surface area contributed by atoms with Crippen molar-refractivity contribution in [2.45, 2.75) is 25.4 Å². The van der Waals surface area contributed by atoms with Gasteiger partial charge in [-0.1, -0.05) is 12.1 Å². The smallest absolute Gasteiger partial charge is 0.124 e. The van der Waals surface area contributed by atoms with E-state index < -0.39 is 5.60 Å². The molecule has 0 aromatic heterocycles. The zero-order valence-electron chi connectivity index (χ0n) is 9.24. The van der Waals surface area contributed by atoms with Crippen molar-refractivity contribution in [1.29, 1.82) is 0 Å². The van der Waals surface area contributed by atoms with Crippen LogP contribution in [0.3, 0.4) is 0 Å². The van der Waals surface area contributed by atoms with E-state index in [0.29, 0.717) is 18.8 Å². The van der Waals surface area contributed by atoms with Crippen molar-refractivity contribution >= 4 is 0 Å². The Kier molecular flexibility index (Phi) is 2.97. The zero-order chi connectivity index (χ0) is 11.6. The lowest BCUT2D eigenvalue weighted by molar-refractivity contribution is 0.0350. The first-order chi connectivity index (χ1) is 7.58. The summed E-state index contributed by atoms with van der Waals surface area (Å²) in [5.74, 6) is 0.311. The molecule has 2 rings (SSSR count). The number of hydrogen-bond donors (Lipinski definition) is 1. The third kappa shape index (κ3) is 2.42. The summed E-state index contributed by atoms with van der Waals surface area (Å²) in [5, 5.41) is 10.2. The SMILES string of the molecule is CC(O)(Cc1cccc(F)c1)C1=CCCO1. The van der Waals surface area contributed by atoms with E-state index in [-0.39, 0.29) is 5.82 Å². The highest BCUT2D eigenvalue weighted by atomic mass is 19.1. The standard InChI is InChI=1S/C13H15FO2/c1-13(15,12-6-3-7-16-12)9-10-4-2-5-11(14)8-10/h2,4-6,8,15H,3,7,9H2,1H3. The third-order valence-electron chi connectivity index (χ3n) is 2.67. The van der Waals surface area contributed by atoms with Crippen LogP contribution in [0.4, 0.5) is 4.39 Å². The van der Waals surface area contributed by atoms with Crippen molar-refractivity contribution in [3.8, 4) is 0 Å². The molecule has 2 nitrogen and oxygen atoms in total. The van der Waals surface area contributed by atoms with Crippen LogP contribution in [0.2, 0.25) is 0 Å². The molecule has 1 heterocycles. The van der Waals surface area contributed by atoms with Crippen LogP contribution in [0.25, 0.3) is 0 Å². The summed E-state index contributed by atoms with van der Waals surface area (Å²) in [7, 11) is 0. The molecule has 0 aliphatic carbocycles. The highest BCUT2D eigenvalue weighted by Crippen LogP contribution is 2.26. The second kappa shape index (κ2) is 4.26. The minimum Gasteiger partial charge on any atom is -0.495 e. The van der Waals surface area contributed by atoms with Crippen molar-refractivity contribution in [3.05, 3.63) is 47.5 Å². The Morgan fingerprint density at radius 3 is 2.94 bits per heavy atom. The zero-order valence-corrected chi connectivity index (χ0v) is 9.24. The highest BCUT2D eigenvalue weighted by molar-refractivity contribution is 5.23. The molecule has 0 fully saturated rings. The minimum atomic E-state index is -1.05. The Balaban J connectivity index is 2.14. The van der Waals surface area contributed by atoms with E-state index in [0.717, 1.165) is 12.0 Å². The largest absolute Gasteiger partial charge is 0.495 e. The summed E-state index contributed by atoms with van der Waals surface area (Å²) in [6.45, 7) is 2.31. The quantitative estimate of drug-likeness (QED) is 0.851. The third-order valence-corrected chi connectivity index (χ3v) is 2.67. The summed E-state index contributed by atoms with van der Waals surface area (Å²) in [6.07, 6.45) is 3.07. The number of hydrogen-bond acceptors (Lipinski definition) is 2. The first-order valence-electron chi connectivity index (χ1n) is 5.38. The molecule has 1 aromatic carbocycles. The van der Waals surface area contributed by atoms with Gasteiger partial charge in [0.15, 0.2) is 0 Å². The van der Waals surface area contributed by atoms with Gasteiger partial charge in [0.05, 0.1) is 6.61 Å². The normalized spacial score (nSPS) is 18.8. The van der Waals surface area contributed by atoms with Gasteiger partial charge in [-0.2, -0.15) is 0 Å². The lowest BCUT2D eigenvalue weighted by atomic mass is 9.94. The maximum absolute atomic E-state index is 13.0. The molecule has 3 heteroatoms. The van der Waals surface area contributed by atoms with Crippen molar-refractivity contribution in [3.63, 3.8) is 0 Å². The number of rotatable bonds is 3. The Morgan fingerprint density at radius 1 is 1.50 bits per heavy atom. The topological polar surface area (TPSA) is 29.5 Å². The van der Waals surface area contributed by atoms with Crippen molar-refractivity contribution in [1.82, 2.24) is 0 Å². The Morgan fingerprint density at radius 2 is 2.31 bits per heavy atom. The van der Waals surface area contributed by atoms with Crippen LogP contribution in [0.15, 0.2) is 36.1 Å². The van der Waals surface area contributed by atoms with Gasteiger partial charge in [0.1, 0.15) is 17.2 Å². The van der Waals surface area contributed by atoms with Crippen LogP contribution >= 0.6 is 0 Å². The molecule has 0 amide bonds. The molecule has 1 N–H and O–H groups in total. The average Bonchev–Trinajstić information content (AvgIpc) is 2.69. The van der Waals surface area contributed by atoms with Crippen LogP contribution in [0.5, 0.6) is 0 Å². The van der Waals surface area contributed by atoms with Gasteiger partial charge in [-0.15, -0.1) is 0 Å². The lowest BCUT2D eigenvalue weighted by Crippen LogP contribution is -2.30. The van der Waals surface area contributed by atoms with E-state index >= 15 is 0 Å². The molecule has 0 spiro atoms. The lowest BCUT2D eigenvalue weighted by Gasteiger charge is -2.24. The Labute approximate surface area is 94.4 Å². The molecule has 16 heavy (non-hydrogen) atoms. The second-order valence-electron chi connectivity index (χ2n) is 4.29. The molecular formula is C13H15FO2. The van der Waals surface area contributed by atoms with Crippen LogP contribution in [0.1, 0.15) is 18.9 Å². The van der Waals surface area contributed by atoms with E-state index in [4.69, 9.17) is 4.74 Å². The van der Waals surface area contributed by atoms with Gasteiger partial charge >= 0.3 is 0 Å². The van der Waals surface area contributed by atoms with Gasteiger partial charge in [-0.05, 0) is 30.7 Å². The predicted octanol–water partition coefficient (Wildman–Crippen LogP) is 2.42. The first kappa shape index (κ1) is 11.1. The average molecular weight is 222 g/mol. The summed E-state index contributed by atoms with van der Waals surface area (Å²) in [6, 6.07) is 6.27. The molecule has 1 atom stereocenters. The van der Waals surface area contributed by atoms with Crippen LogP contribution < -0.4 is 0 Å². The fourth-order valence-corrected chi connectivity index (χ4v) is 1.92. The van der Waals surface area contributed by atoms with Gasteiger partial charge in [-0.25, -0.2) is 4.39 Å². The van der Waals surface area contributed by atoms with E-state index in [2.05, 4.69) is 0 Å². The molecule has 0 bridgehead atoms. The fraction of sp³-hybridized carbons (Fsp3) is 0.385. The number of aliphatic hydroxyl groups is 1. The monoisotopic (exact) mass is 222 g/mol. The summed E-state index contributed by atoms with van der Waals surface area (Å²) < 4.78 is 18.3. The number of ether oxygens (including phenoxy) is 1. The van der Waals surface area contributed by atoms with Crippen molar-refractivity contribution in [2.24, 2.45) is 0 Å². The van der Waals surface area contributed by atoms with Crippen molar-refractivity contribution in [2.75, 3.05) is 6.61 Å². The number of benzene rings is 1. The molecule has 86 valence electrons. The van der Waals surface area contributed by atoms with Crippen LogP contribution in [0, 0.1) is 5.82 Å². The summed E-state index contributed by atoms with van der Waals surface area (Å²) >= 11 is 0. The maximum atomic E-state index is 13.0. The van der Waals surface area contributed by atoms with E-state index in [1.165, 1.54) is 12.1 Å². The van der Waals surface area contributed by atoms with Crippen molar-refractivity contribution < 1.29 is 14.2 Å².